The van der Waals surface area contributed by atoms with Crippen molar-refractivity contribution < 1.29 is 9.53 Å². The van der Waals surface area contributed by atoms with E-state index in [2.05, 4.69) is 10.6 Å². The van der Waals surface area contributed by atoms with Crippen molar-refractivity contribution in [1.82, 2.24) is 5.32 Å². The monoisotopic (exact) mass is 302 g/mol. The first-order valence-electron chi connectivity index (χ1n) is 8.49. The molecular formula is C18H26N2O2. The Labute approximate surface area is 132 Å². The molecule has 3 rings (SSSR count). The third-order valence-corrected chi connectivity index (χ3v) is 4.84. The number of carbonyl (C=O) groups excluding carboxylic acids is 1. The number of hydrogen-bond donors (Lipinski definition) is 2. The quantitative estimate of drug-likeness (QED) is 0.895. The van der Waals surface area contributed by atoms with Crippen LogP contribution in [0.15, 0.2) is 24.3 Å². The van der Waals surface area contributed by atoms with Gasteiger partial charge in [0.05, 0.1) is 11.6 Å². The highest BCUT2D eigenvalue weighted by atomic mass is 16.5. The predicted octanol–water partition coefficient (Wildman–Crippen LogP) is 3.48. The van der Waals surface area contributed by atoms with Crippen LogP contribution in [0.5, 0.6) is 5.75 Å². The molecule has 4 nitrogen and oxygen atoms in total. The molecule has 0 radical (unpaired) electrons. The predicted molar refractivity (Wildman–Crippen MR) is 88.2 cm³/mol. The standard InChI is InChI=1S/C18H26N2O2/c1-18(12-4-5-13-19-18)17(21)20-14-8-10-16(11-9-14)22-15-6-2-3-7-15/h8-11,15,19H,2-7,12-13H2,1H3,(H,20,21). The Morgan fingerprint density at radius 3 is 2.55 bits per heavy atom. The van der Waals surface area contributed by atoms with Crippen LogP contribution >= 0.6 is 0 Å². The first-order chi connectivity index (χ1) is 10.7. The van der Waals surface area contributed by atoms with Crippen molar-refractivity contribution >= 4 is 11.6 Å². The van der Waals surface area contributed by atoms with E-state index in [4.69, 9.17) is 4.74 Å². The first-order valence-corrected chi connectivity index (χ1v) is 8.49. The van der Waals surface area contributed by atoms with E-state index in [1.54, 1.807) is 0 Å². The molecule has 0 bridgehead atoms. The van der Waals surface area contributed by atoms with E-state index in [-0.39, 0.29) is 5.91 Å². The maximum absolute atomic E-state index is 12.4. The fraction of sp³-hybridized carbons (Fsp3) is 0.611. The Bertz CT molecular complexity index is 500. The zero-order chi connectivity index (χ0) is 15.4. The summed E-state index contributed by atoms with van der Waals surface area (Å²) in [6.07, 6.45) is 8.36. The van der Waals surface area contributed by atoms with Gasteiger partial charge in [-0.2, -0.15) is 0 Å². The third-order valence-electron chi connectivity index (χ3n) is 4.84. The molecule has 1 aliphatic heterocycles. The van der Waals surface area contributed by atoms with Gasteiger partial charge in [-0.1, -0.05) is 0 Å². The van der Waals surface area contributed by atoms with Gasteiger partial charge in [-0.3, -0.25) is 4.79 Å². The summed E-state index contributed by atoms with van der Waals surface area (Å²) in [5.41, 5.74) is 0.384. The van der Waals surface area contributed by atoms with Crippen LogP contribution in [0.25, 0.3) is 0 Å². The molecule has 2 fully saturated rings. The molecule has 0 aromatic heterocycles. The molecule has 2 aliphatic rings. The second kappa shape index (κ2) is 6.69. The Morgan fingerprint density at radius 1 is 1.18 bits per heavy atom. The topological polar surface area (TPSA) is 50.4 Å². The van der Waals surface area contributed by atoms with E-state index < -0.39 is 5.54 Å². The molecule has 1 heterocycles. The molecule has 1 aromatic carbocycles. The maximum Gasteiger partial charge on any atom is 0.244 e. The van der Waals surface area contributed by atoms with Gasteiger partial charge in [0, 0.05) is 5.69 Å². The van der Waals surface area contributed by atoms with Crippen molar-refractivity contribution in [1.29, 1.82) is 0 Å². The molecular weight excluding hydrogens is 276 g/mol. The summed E-state index contributed by atoms with van der Waals surface area (Å²) in [6.45, 7) is 2.90. The minimum Gasteiger partial charge on any atom is -0.490 e. The van der Waals surface area contributed by atoms with Gasteiger partial charge in [0.2, 0.25) is 5.91 Å². The molecule has 1 atom stereocenters. The minimum absolute atomic E-state index is 0.0525. The van der Waals surface area contributed by atoms with Crippen LogP contribution in [0, 0.1) is 0 Å². The summed E-state index contributed by atoms with van der Waals surface area (Å²) in [4.78, 5) is 12.4. The second-order valence-electron chi connectivity index (χ2n) is 6.72. The largest absolute Gasteiger partial charge is 0.490 e. The molecule has 1 unspecified atom stereocenters. The maximum atomic E-state index is 12.4. The van der Waals surface area contributed by atoms with Crippen molar-refractivity contribution in [2.45, 2.75) is 63.5 Å². The lowest BCUT2D eigenvalue weighted by Gasteiger charge is -2.33. The molecule has 1 amide bonds. The van der Waals surface area contributed by atoms with Crippen molar-refractivity contribution in [2.75, 3.05) is 11.9 Å². The van der Waals surface area contributed by atoms with Gasteiger partial charge in [-0.15, -0.1) is 0 Å². The summed E-state index contributed by atoms with van der Waals surface area (Å²) < 4.78 is 5.95. The Balaban J connectivity index is 1.57. The fourth-order valence-electron chi connectivity index (χ4n) is 3.33. The second-order valence-corrected chi connectivity index (χ2v) is 6.72. The third kappa shape index (κ3) is 3.61. The fourth-order valence-corrected chi connectivity index (χ4v) is 3.33. The number of ether oxygens (including phenoxy) is 1. The molecule has 1 saturated heterocycles. The normalized spacial score (nSPS) is 25.9. The van der Waals surface area contributed by atoms with E-state index >= 15 is 0 Å². The zero-order valence-electron chi connectivity index (χ0n) is 13.4. The molecule has 2 N–H and O–H groups in total. The van der Waals surface area contributed by atoms with Crippen LogP contribution in [0.1, 0.15) is 51.9 Å². The number of benzene rings is 1. The summed E-state index contributed by atoms with van der Waals surface area (Å²) in [5, 5.41) is 6.35. The highest BCUT2D eigenvalue weighted by molar-refractivity contribution is 5.97. The Hall–Kier alpha value is -1.55. The lowest BCUT2D eigenvalue weighted by molar-refractivity contribution is -0.122. The van der Waals surface area contributed by atoms with Crippen LogP contribution < -0.4 is 15.4 Å². The first kappa shape index (κ1) is 15.3. The highest BCUT2D eigenvalue weighted by Gasteiger charge is 2.34. The number of anilines is 1. The average Bonchev–Trinajstić information content (AvgIpc) is 3.03. The van der Waals surface area contributed by atoms with Gasteiger partial charge in [-0.25, -0.2) is 0 Å². The van der Waals surface area contributed by atoms with Gasteiger partial charge >= 0.3 is 0 Å². The molecule has 1 aliphatic carbocycles. The zero-order valence-corrected chi connectivity index (χ0v) is 13.4. The van der Waals surface area contributed by atoms with Crippen LogP contribution in [0.3, 0.4) is 0 Å². The van der Waals surface area contributed by atoms with Gasteiger partial charge in [-0.05, 0) is 82.7 Å². The Kier molecular flexibility index (Phi) is 4.67. The van der Waals surface area contributed by atoms with Crippen LogP contribution in [0.2, 0.25) is 0 Å². The number of nitrogens with one attached hydrogen (secondary N) is 2. The smallest absolute Gasteiger partial charge is 0.244 e. The molecule has 4 heteroatoms. The SMILES string of the molecule is CC1(C(=O)Nc2ccc(OC3CCCC3)cc2)CCCCN1. The summed E-state index contributed by atoms with van der Waals surface area (Å²) in [5.74, 6) is 0.948. The van der Waals surface area contributed by atoms with Gasteiger partial charge in [0.1, 0.15) is 5.75 Å². The average molecular weight is 302 g/mol. The molecule has 0 spiro atoms. The minimum atomic E-state index is -0.447. The van der Waals surface area contributed by atoms with E-state index in [9.17, 15) is 4.79 Å². The van der Waals surface area contributed by atoms with Gasteiger partial charge < -0.3 is 15.4 Å². The van der Waals surface area contributed by atoms with Gasteiger partial charge in [0.25, 0.3) is 0 Å². The summed E-state index contributed by atoms with van der Waals surface area (Å²) in [6, 6.07) is 7.75. The van der Waals surface area contributed by atoms with Crippen molar-refractivity contribution in [2.24, 2.45) is 0 Å². The summed E-state index contributed by atoms with van der Waals surface area (Å²) in [7, 11) is 0. The van der Waals surface area contributed by atoms with E-state index in [1.165, 1.54) is 12.8 Å². The van der Waals surface area contributed by atoms with Crippen LogP contribution in [-0.4, -0.2) is 24.1 Å². The van der Waals surface area contributed by atoms with E-state index in [1.807, 2.05) is 31.2 Å². The lowest BCUT2D eigenvalue weighted by atomic mass is 9.90. The lowest BCUT2D eigenvalue weighted by Crippen LogP contribution is -2.54. The van der Waals surface area contributed by atoms with Crippen LogP contribution in [0.4, 0.5) is 5.69 Å². The number of amides is 1. The van der Waals surface area contributed by atoms with Crippen molar-refractivity contribution in [3.05, 3.63) is 24.3 Å². The van der Waals surface area contributed by atoms with Gasteiger partial charge in [0.15, 0.2) is 0 Å². The number of carbonyl (C=O) groups is 1. The van der Waals surface area contributed by atoms with Crippen LogP contribution in [-0.2, 0) is 4.79 Å². The molecule has 22 heavy (non-hydrogen) atoms. The van der Waals surface area contributed by atoms with Crippen molar-refractivity contribution in [3.8, 4) is 5.75 Å². The van der Waals surface area contributed by atoms with E-state index in [0.29, 0.717) is 6.10 Å². The van der Waals surface area contributed by atoms with Crippen molar-refractivity contribution in [3.63, 3.8) is 0 Å². The molecule has 120 valence electrons. The number of piperidine rings is 1. The highest BCUT2D eigenvalue weighted by Crippen LogP contribution is 2.26. The molecule has 1 saturated carbocycles. The van der Waals surface area contributed by atoms with E-state index in [0.717, 1.165) is 50.1 Å². The molecule has 1 aromatic rings. The Morgan fingerprint density at radius 2 is 1.91 bits per heavy atom. The number of rotatable bonds is 4. The summed E-state index contributed by atoms with van der Waals surface area (Å²) >= 11 is 0. The number of hydrogen-bond acceptors (Lipinski definition) is 3.